The number of anilines is 2. The third-order valence-electron chi connectivity index (χ3n) is 14.4. The van der Waals surface area contributed by atoms with Gasteiger partial charge in [-0.15, -0.1) is 0 Å². The van der Waals surface area contributed by atoms with Crippen molar-refractivity contribution in [1.29, 1.82) is 0 Å². The summed E-state index contributed by atoms with van der Waals surface area (Å²) in [6, 6.07) is 2.40. The number of aliphatic imine (C=N–C) groups is 2. The molecule has 2 aromatic rings. The quantitative estimate of drug-likeness (QED) is 0.0314. The number of carbonyl (C=O) groups is 4. The van der Waals surface area contributed by atoms with Crippen LogP contribution in [0.5, 0.6) is 23.0 Å². The van der Waals surface area contributed by atoms with Gasteiger partial charge in [-0.2, -0.15) is 11.8 Å². The number of methoxy groups -OCH3 is 4. The number of fused-ring (bicyclic) bond motifs is 4. The van der Waals surface area contributed by atoms with E-state index in [0.717, 1.165) is 0 Å². The number of aliphatic hydroxyl groups is 2. The lowest BCUT2D eigenvalue weighted by molar-refractivity contribution is -0.113. The van der Waals surface area contributed by atoms with Crippen LogP contribution in [0.15, 0.2) is 93.0 Å². The van der Waals surface area contributed by atoms with E-state index in [1.165, 1.54) is 76.9 Å². The number of thioether (sulfide) groups is 1. The van der Waals surface area contributed by atoms with Crippen LogP contribution in [0, 0.1) is 23.7 Å². The summed E-state index contributed by atoms with van der Waals surface area (Å²) in [5.41, 5.74) is 12.8. The Labute approximate surface area is 490 Å². The van der Waals surface area contributed by atoms with E-state index in [0.29, 0.717) is 11.1 Å². The fourth-order valence-electron chi connectivity index (χ4n) is 9.91. The lowest BCUT2D eigenvalue weighted by Crippen LogP contribution is -2.37. The molecule has 4 bridgehead atoms. The van der Waals surface area contributed by atoms with E-state index in [-0.39, 0.29) is 117 Å². The number of hydrogen-bond donors (Lipinski definition) is 10. The molecule has 83 heavy (non-hydrogen) atoms. The molecule has 0 saturated carbocycles. The number of primary amides is 2. The van der Waals surface area contributed by atoms with Crippen molar-refractivity contribution in [2.24, 2.45) is 45.1 Å². The number of aromatic hydroxyl groups is 4. The molecule has 2 heterocycles. The number of nitrogens with one attached hydrogen (secondary N) is 2. The van der Waals surface area contributed by atoms with Crippen molar-refractivity contribution in [2.45, 2.75) is 130 Å². The number of allylic oxidation sites excluding steroid dienone is 4. The van der Waals surface area contributed by atoms with Crippen molar-refractivity contribution in [2.75, 3.05) is 50.6 Å². The molecule has 12 atom stereocenters. The minimum atomic E-state index is -1.05. The van der Waals surface area contributed by atoms with Crippen LogP contribution >= 0.6 is 11.8 Å². The van der Waals surface area contributed by atoms with E-state index in [9.17, 15) is 49.8 Å². The molecule has 4 amide bonds. The number of ether oxygens (including phenoxy) is 6. The van der Waals surface area contributed by atoms with Crippen LogP contribution in [0.1, 0.15) is 79.4 Å². The molecule has 22 nitrogen and oxygen atoms in total. The molecule has 0 saturated heterocycles. The van der Waals surface area contributed by atoms with Gasteiger partial charge in [-0.1, -0.05) is 76.3 Å². The van der Waals surface area contributed by atoms with Crippen molar-refractivity contribution in [1.82, 2.24) is 0 Å². The highest BCUT2D eigenvalue weighted by atomic mass is 32.2. The molecule has 0 unspecified atom stereocenters. The third-order valence-corrected chi connectivity index (χ3v) is 15.2. The molecule has 0 spiro atoms. The van der Waals surface area contributed by atoms with E-state index in [1.54, 1.807) is 78.0 Å². The molecule has 2 aliphatic heterocycles. The van der Waals surface area contributed by atoms with E-state index in [2.05, 4.69) is 20.6 Å². The van der Waals surface area contributed by atoms with Crippen molar-refractivity contribution in [3.63, 3.8) is 0 Å². The molecule has 2 aromatic carbocycles. The van der Waals surface area contributed by atoms with Gasteiger partial charge in [0.2, 0.25) is 0 Å². The lowest BCUT2D eigenvalue weighted by Gasteiger charge is -2.29. The maximum Gasteiger partial charge on any atom is 0.405 e. The fourth-order valence-corrected chi connectivity index (χ4v) is 10.4. The summed E-state index contributed by atoms with van der Waals surface area (Å²) in [7, 11) is 5.78. The molecule has 456 valence electrons. The average Bonchev–Trinajstić information content (AvgIpc) is 3.49. The largest absolute Gasteiger partial charge is 0.506 e. The Morgan fingerprint density at radius 2 is 0.988 bits per heavy atom. The molecule has 23 heteroatoms. The Morgan fingerprint density at radius 1 is 0.627 bits per heavy atom. The second kappa shape index (κ2) is 32.7. The highest BCUT2D eigenvalue weighted by Gasteiger charge is 2.33. The van der Waals surface area contributed by atoms with Gasteiger partial charge in [-0.3, -0.25) is 19.6 Å². The first-order valence-electron chi connectivity index (χ1n) is 27.1. The first-order valence-corrected chi connectivity index (χ1v) is 28.3. The van der Waals surface area contributed by atoms with Crippen LogP contribution in [-0.4, -0.2) is 156 Å². The second-order valence-electron chi connectivity index (χ2n) is 21.1. The Hall–Kier alpha value is -6.99. The number of nitrogens with zero attached hydrogens (tertiary/aromatic N) is 2. The topological polar surface area (TPSA) is 346 Å². The monoisotopic (exact) mass is 1180 g/mol. The molecule has 4 rings (SSSR count). The molecule has 0 aliphatic carbocycles. The SMILES string of the molecule is CO[C@H]1C=CC=C(C)C(=O)Nc2cc(O)c(N=CCSCC=Nc3c(O)cc4c(O)c3C[C@@H](C)C[C@H](OC)[C@H](O)[C@@H](C)C=C(C)[C@H](OC(N)=O)[C@@H](OC)C=CC=C(C)C(=O)N4)c(c2O)C[C@@H](C)C[C@H](OC)[C@H](O)[C@@H](C)C=C(C)[C@@H]1OC(N)=O. The number of phenolic OH excluding ortho intramolecular Hbond substituents is 4. The Balaban J connectivity index is 1.66. The van der Waals surface area contributed by atoms with Gasteiger partial charge in [-0.25, -0.2) is 9.59 Å². The van der Waals surface area contributed by atoms with Gasteiger partial charge < -0.3 is 81.2 Å². The first kappa shape index (κ1) is 68.5. The normalized spacial score (nSPS) is 26.8. The molecule has 12 N–H and O–H groups in total. The highest BCUT2D eigenvalue weighted by molar-refractivity contribution is 8.00. The van der Waals surface area contributed by atoms with Gasteiger partial charge in [0.15, 0.2) is 12.2 Å². The average molecular weight is 1180 g/mol. The number of amides is 4. The van der Waals surface area contributed by atoms with Crippen molar-refractivity contribution >= 4 is 70.9 Å². The summed E-state index contributed by atoms with van der Waals surface area (Å²) in [6.45, 7) is 13.8. The van der Waals surface area contributed by atoms with Crippen LogP contribution in [0.3, 0.4) is 0 Å². The first-order chi connectivity index (χ1) is 39.3. The standard InChI is InChI=1S/C60H84N6O16S/c1-31-23-39-49(43(67)29-41(53(39)71)65-57(73)33(3)15-13-17-45(77-9)55(81-59(61)75)37(7)27-35(5)51(69)47(25-31)79-11)63-19-21-83-22-20-64-50-40-24-32(2)26-48(80-12)52(70)36(6)28-38(8)56(82-60(62)76)46(78-10)18-14-16-34(4)58(74)66-42(54(40)72)30-44(50)68/h13-20,27-32,35-36,45-48,51-52,55-56,67-72H,21-26H2,1-12H3,(H2,61,75)(H2,62,76)(H,65,73)(H,66,74)/t31-,32-,35+,36+,45+,46+,47+,48+,51-,52-,55+,56+/m1/s1. The van der Waals surface area contributed by atoms with Gasteiger partial charge in [-0.05, 0) is 76.4 Å². The summed E-state index contributed by atoms with van der Waals surface area (Å²) in [5.74, 6) is -3.66. The highest BCUT2D eigenvalue weighted by Crippen LogP contribution is 2.46. The third kappa shape index (κ3) is 19.6. The van der Waals surface area contributed by atoms with E-state index in [1.807, 2.05) is 13.8 Å². The van der Waals surface area contributed by atoms with E-state index < -0.39 is 84.7 Å². The zero-order chi connectivity index (χ0) is 61.8. The van der Waals surface area contributed by atoms with Gasteiger partial charge >= 0.3 is 12.2 Å². The van der Waals surface area contributed by atoms with Crippen molar-refractivity contribution in [3.8, 4) is 23.0 Å². The summed E-state index contributed by atoms with van der Waals surface area (Å²) in [4.78, 5) is 60.2. The van der Waals surface area contributed by atoms with E-state index in [4.69, 9.17) is 39.9 Å². The number of phenols is 4. The Morgan fingerprint density at radius 3 is 1.31 bits per heavy atom. The number of nitrogens with two attached hydrogens (primary N) is 2. The molecule has 0 aromatic heterocycles. The molecule has 2 aliphatic rings. The summed E-state index contributed by atoms with van der Waals surface area (Å²) >= 11 is 1.35. The maximum atomic E-state index is 13.5. The number of aliphatic hydroxyl groups excluding tert-OH is 2. The zero-order valence-electron chi connectivity index (χ0n) is 49.3. The smallest absolute Gasteiger partial charge is 0.405 e. The summed E-state index contributed by atoms with van der Waals surface area (Å²) in [6.07, 6.45) is 7.32. The number of hydrogen-bond acceptors (Lipinski definition) is 19. The molecule has 0 fully saturated rings. The molecule has 0 radical (unpaired) electrons. The minimum absolute atomic E-state index is 0.0508. The molecular formula is C60H84N6O16S. The minimum Gasteiger partial charge on any atom is -0.506 e. The van der Waals surface area contributed by atoms with E-state index >= 15 is 0 Å². The van der Waals surface area contributed by atoms with Gasteiger partial charge in [0.1, 0.15) is 46.6 Å². The van der Waals surface area contributed by atoms with Crippen LogP contribution in [0.4, 0.5) is 32.3 Å². The number of carbonyl (C=O) groups excluding carboxylic acids is 4. The van der Waals surface area contributed by atoms with Crippen LogP contribution < -0.4 is 22.1 Å². The Bertz CT molecular complexity index is 2660. The molecular weight excluding hydrogens is 1090 g/mol. The number of benzene rings is 2. The van der Waals surface area contributed by atoms with Gasteiger partial charge in [0.05, 0.1) is 35.8 Å². The van der Waals surface area contributed by atoms with Crippen LogP contribution in [0.2, 0.25) is 0 Å². The zero-order valence-corrected chi connectivity index (χ0v) is 50.1. The van der Waals surface area contributed by atoms with Crippen molar-refractivity contribution < 1.29 is 78.2 Å². The second-order valence-corrected chi connectivity index (χ2v) is 22.1. The summed E-state index contributed by atoms with van der Waals surface area (Å²) in [5, 5.41) is 75.1. The van der Waals surface area contributed by atoms with Crippen LogP contribution in [-0.2, 0) is 50.9 Å². The van der Waals surface area contributed by atoms with Crippen molar-refractivity contribution in [3.05, 3.63) is 94.2 Å². The predicted molar refractivity (Wildman–Crippen MR) is 321 cm³/mol. The number of rotatable bonds is 12. The van der Waals surface area contributed by atoms with Gasteiger partial charge in [0, 0.05) is 98.6 Å². The maximum absolute atomic E-state index is 13.5. The van der Waals surface area contributed by atoms with Crippen LogP contribution in [0.25, 0.3) is 0 Å². The fraction of sp³-hybridized carbons (Fsp3) is 0.500. The Kier molecular flexibility index (Phi) is 27.0. The summed E-state index contributed by atoms with van der Waals surface area (Å²) < 4.78 is 33.7. The lowest BCUT2D eigenvalue weighted by atomic mass is 9.87. The predicted octanol–water partition coefficient (Wildman–Crippen LogP) is 8.27. The van der Waals surface area contributed by atoms with Gasteiger partial charge in [0.25, 0.3) is 11.8 Å².